The number of nitrogens with zero attached hydrogens (tertiary/aromatic N) is 1. The van der Waals surface area contributed by atoms with Gasteiger partial charge in [0.05, 0.1) is 5.56 Å². The van der Waals surface area contributed by atoms with Gasteiger partial charge in [-0.25, -0.2) is 0 Å². The molecule has 4 rings (SSSR count). The topological polar surface area (TPSA) is 32.3 Å². The Morgan fingerprint density at radius 2 is 2.11 bits per heavy atom. The van der Waals surface area contributed by atoms with Crippen LogP contribution in [-0.4, -0.2) is 29.4 Å². The third-order valence-electron chi connectivity index (χ3n) is 5.43. The highest BCUT2D eigenvalue weighted by Gasteiger charge is 2.48. The van der Waals surface area contributed by atoms with E-state index in [4.69, 9.17) is 0 Å². The van der Waals surface area contributed by atoms with Crippen LogP contribution >= 0.6 is 0 Å². The van der Waals surface area contributed by atoms with Crippen molar-refractivity contribution >= 4 is 11.6 Å². The lowest BCUT2D eigenvalue weighted by Crippen LogP contribution is -2.53. The molecule has 3 nitrogen and oxygen atoms in total. The highest BCUT2D eigenvalue weighted by molar-refractivity contribution is 6.00. The van der Waals surface area contributed by atoms with Crippen LogP contribution in [0.5, 0.6) is 0 Å². The van der Waals surface area contributed by atoms with E-state index in [1.807, 2.05) is 24.3 Å². The maximum atomic E-state index is 12.9. The maximum Gasteiger partial charge on any atom is 0.256 e. The quantitative estimate of drug-likeness (QED) is 0.774. The lowest BCUT2D eigenvalue weighted by Gasteiger charge is -2.43. The molecular formula is C16H20N2O. The summed E-state index contributed by atoms with van der Waals surface area (Å²) in [5.41, 5.74) is 1.85. The van der Waals surface area contributed by atoms with E-state index < -0.39 is 0 Å². The number of piperidine rings is 1. The molecule has 1 aromatic rings. The van der Waals surface area contributed by atoms with Gasteiger partial charge in [0, 0.05) is 24.3 Å². The van der Waals surface area contributed by atoms with Crippen molar-refractivity contribution in [3.05, 3.63) is 29.8 Å². The molecule has 0 aromatic heterocycles. The summed E-state index contributed by atoms with van der Waals surface area (Å²) < 4.78 is 0. The average molecular weight is 256 g/mol. The van der Waals surface area contributed by atoms with Gasteiger partial charge in [0.1, 0.15) is 0 Å². The Hall–Kier alpha value is -1.51. The van der Waals surface area contributed by atoms with E-state index in [9.17, 15) is 4.79 Å². The molecule has 2 aliphatic heterocycles. The number of hydrogen-bond donors (Lipinski definition) is 1. The Morgan fingerprint density at radius 3 is 3.00 bits per heavy atom. The van der Waals surface area contributed by atoms with E-state index in [-0.39, 0.29) is 5.91 Å². The highest BCUT2D eigenvalue weighted by atomic mass is 16.2. The number of para-hydroxylation sites is 1. The number of anilines is 1. The fourth-order valence-electron chi connectivity index (χ4n) is 4.37. The van der Waals surface area contributed by atoms with Crippen molar-refractivity contribution in [1.29, 1.82) is 0 Å². The molecule has 0 radical (unpaired) electrons. The molecular weight excluding hydrogens is 236 g/mol. The molecule has 1 aliphatic carbocycles. The Morgan fingerprint density at radius 1 is 1.26 bits per heavy atom. The van der Waals surface area contributed by atoms with E-state index in [0.717, 1.165) is 23.7 Å². The van der Waals surface area contributed by atoms with Crippen LogP contribution in [0.3, 0.4) is 0 Å². The second-order valence-corrected chi connectivity index (χ2v) is 6.29. The molecule has 2 fully saturated rings. The van der Waals surface area contributed by atoms with Crippen molar-refractivity contribution in [2.24, 2.45) is 11.8 Å². The van der Waals surface area contributed by atoms with Crippen molar-refractivity contribution in [3.8, 4) is 0 Å². The van der Waals surface area contributed by atoms with E-state index in [2.05, 4.69) is 17.1 Å². The molecule has 2 heterocycles. The molecule has 0 spiro atoms. The van der Waals surface area contributed by atoms with E-state index >= 15 is 0 Å². The smallest absolute Gasteiger partial charge is 0.256 e. The van der Waals surface area contributed by atoms with Crippen LogP contribution in [0.25, 0.3) is 0 Å². The second kappa shape index (κ2) is 3.99. The minimum Gasteiger partial charge on any atom is -0.382 e. The number of nitrogens with one attached hydrogen (secondary N) is 1. The monoisotopic (exact) mass is 256 g/mol. The number of carbonyl (C=O) groups excluding carboxylic acids is 1. The summed E-state index contributed by atoms with van der Waals surface area (Å²) in [5.74, 6) is 1.73. The Balaban J connectivity index is 1.77. The van der Waals surface area contributed by atoms with Gasteiger partial charge in [0.25, 0.3) is 5.91 Å². The summed E-state index contributed by atoms with van der Waals surface area (Å²) >= 11 is 0. The molecule has 2 unspecified atom stereocenters. The zero-order valence-electron chi connectivity index (χ0n) is 11.3. The first kappa shape index (κ1) is 11.3. The molecule has 4 atom stereocenters. The molecule has 1 saturated heterocycles. The normalized spacial score (nSPS) is 36.3. The van der Waals surface area contributed by atoms with Crippen molar-refractivity contribution in [2.75, 3.05) is 11.9 Å². The van der Waals surface area contributed by atoms with Gasteiger partial charge in [-0.1, -0.05) is 19.1 Å². The number of fused-ring (bicyclic) bond motifs is 5. The third kappa shape index (κ3) is 1.54. The van der Waals surface area contributed by atoms with Crippen molar-refractivity contribution < 1.29 is 4.79 Å². The number of rotatable bonds is 0. The lowest BCUT2D eigenvalue weighted by molar-refractivity contribution is 0.0358. The van der Waals surface area contributed by atoms with Crippen LogP contribution in [0.4, 0.5) is 5.69 Å². The van der Waals surface area contributed by atoms with Crippen LogP contribution < -0.4 is 5.32 Å². The third-order valence-corrected chi connectivity index (χ3v) is 5.43. The second-order valence-electron chi connectivity index (χ2n) is 6.29. The maximum absolute atomic E-state index is 12.9. The summed E-state index contributed by atoms with van der Waals surface area (Å²) in [6.45, 7) is 3.23. The Kier molecular flexibility index (Phi) is 2.38. The minimum absolute atomic E-state index is 0.239. The van der Waals surface area contributed by atoms with E-state index in [1.54, 1.807) is 0 Å². The molecule has 19 heavy (non-hydrogen) atoms. The predicted octanol–water partition coefficient (Wildman–Crippen LogP) is 2.74. The summed E-state index contributed by atoms with van der Waals surface area (Å²) in [6.07, 6.45) is 3.66. The summed E-state index contributed by atoms with van der Waals surface area (Å²) in [6, 6.07) is 8.78. The number of benzene rings is 1. The average Bonchev–Trinajstić information content (AvgIpc) is 2.63. The van der Waals surface area contributed by atoms with Gasteiger partial charge < -0.3 is 10.2 Å². The van der Waals surface area contributed by atoms with Crippen molar-refractivity contribution in [3.63, 3.8) is 0 Å². The van der Waals surface area contributed by atoms with Crippen LogP contribution in [0.15, 0.2) is 24.3 Å². The largest absolute Gasteiger partial charge is 0.382 e. The molecule has 3 aliphatic rings. The SMILES string of the molecule is C[C@@H]1C2CCC1N1C(=O)c3ccccc3NC[C@@H]1C2. The van der Waals surface area contributed by atoms with Gasteiger partial charge in [0.15, 0.2) is 0 Å². The highest BCUT2D eigenvalue weighted by Crippen LogP contribution is 2.45. The zero-order valence-corrected chi connectivity index (χ0v) is 11.3. The van der Waals surface area contributed by atoms with Gasteiger partial charge in [-0.2, -0.15) is 0 Å². The van der Waals surface area contributed by atoms with Gasteiger partial charge in [0.2, 0.25) is 0 Å². The molecule has 1 saturated carbocycles. The van der Waals surface area contributed by atoms with Crippen molar-refractivity contribution in [1.82, 2.24) is 4.90 Å². The predicted molar refractivity (Wildman–Crippen MR) is 75.2 cm³/mol. The first-order valence-electron chi connectivity index (χ1n) is 7.41. The molecule has 1 aromatic carbocycles. The number of hydrogen-bond acceptors (Lipinski definition) is 2. The minimum atomic E-state index is 0.239. The first-order chi connectivity index (χ1) is 9.25. The zero-order chi connectivity index (χ0) is 13.0. The molecule has 2 bridgehead atoms. The van der Waals surface area contributed by atoms with Gasteiger partial charge >= 0.3 is 0 Å². The number of carbonyl (C=O) groups is 1. The summed E-state index contributed by atoms with van der Waals surface area (Å²) in [5, 5.41) is 3.48. The van der Waals surface area contributed by atoms with Gasteiger partial charge in [-0.15, -0.1) is 0 Å². The van der Waals surface area contributed by atoms with Crippen LogP contribution in [0.1, 0.15) is 36.5 Å². The van der Waals surface area contributed by atoms with Gasteiger partial charge in [-0.05, 0) is 43.2 Å². The van der Waals surface area contributed by atoms with Crippen LogP contribution in [0.2, 0.25) is 0 Å². The first-order valence-corrected chi connectivity index (χ1v) is 7.41. The van der Waals surface area contributed by atoms with Crippen molar-refractivity contribution in [2.45, 2.75) is 38.3 Å². The van der Waals surface area contributed by atoms with Gasteiger partial charge in [-0.3, -0.25) is 4.79 Å². The molecule has 1 N–H and O–H groups in total. The Labute approximate surface area is 114 Å². The molecule has 1 amide bonds. The molecule has 100 valence electrons. The van der Waals surface area contributed by atoms with Crippen LogP contribution in [0, 0.1) is 11.8 Å². The van der Waals surface area contributed by atoms with Crippen LogP contribution in [-0.2, 0) is 0 Å². The lowest BCUT2D eigenvalue weighted by atomic mass is 9.83. The van der Waals surface area contributed by atoms with E-state index in [1.165, 1.54) is 19.3 Å². The molecule has 3 heteroatoms. The standard InChI is InChI=1S/C16H20N2O/c1-10-11-6-7-15(10)18-12(8-11)9-17-14-5-3-2-4-13(14)16(18)19/h2-5,10-12,15,17H,6-9H2,1H3/t10-,11?,12+,15?/m1/s1. The number of amides is 1. The fourth-order valence-corrected chi connectivity index (χ4v) is 4.37. The Bertz CT molecular complexity index is 527. The van der Waals surface area contributed by atoms with E-state index in [0.29, 0.717) is 18.0 Å². The fraction of sp³-hybridized carbons (Fsp3) is 0.562. The summed E-state index contributed by atoms with van der Waals surface area (Å²) in [7, 11) is 0. The summed E-state index contributed by atoms with van der Waals surface area (Å²) in [4.78, 5) is 15.1.